The van der Waals surface area contributed by atoms with Crippen molar-refractivity contribution >= 4 is 23.2 Å². The minimum Gasteiger partial charge on any atom is -0.393 e. The van der Waals surface area contributed by atoms with Crippen molar-refractivity contribution in [3.05, 3.63) is 22.8 Å². The van der Waals surface area contributed by atoms with Crippen LogP contribution in [0, 0.1) is 34.5 Å². The molecule has 0 heterocycles. The molecule has 0 spiro atoms. The maximum Gasteiger partial charge on any atom is 0.196 e. The van der Waals surface area contributed by atoms with Crippen molar-refractivity contribution in [2.24, 2.45) is 34.5 Å². The number of hydrogen-bond acceptors (Lipinski definition) is 5. The molecule has 0 aromatic heterocycles. The highest BCUT2D eigenvalue weighted by Gasteiger charge is 2.71. The third kappa shape index (κ3) is 2.43. The molecule has 3 saturated carbocycles. The number of alkyl halides is 1. The lowest BCUT2D eigenvalue weighted by atomic mass is 9.46. The molecule has 0 radical (unpaired) electrons. The minimum atomic E-state index is -1.77. The van der Waals surface area contributed by atoms with Gasteiger partial charge >= 0.3 is 0 Å². The van der Waals surface area contributed by atoms with Gasteiger partial charge < -0.3 is 15.3 Å². The van der Waals surface area contributed by atoms with Gasteiger partial charge in [-0.3, -0.25) is 9.59 Å². The SMILES string of the molecule is CC1C[C@H]2[C@@H]3CC(F)C4=C(Cl)C(=O)C=C[C@]4(C)[C@H]3C(O)C[C@]2(C)[C@@]1(O)C(=O)CO. The van der Waals surface area contributed by atoms with Crippen molar-refractivity contribution < 1.29 is 29.3 Å². The molecular formula is C22H28ClFO5. The average Bonchev–Trinajstić information content (AvgIpc) is 2.85. The summed E-state index contributed by atoms with van der Waals surface area (Å²) in [6.45, 7) is 4.59. The fraction of sp³-hybridized carbons (Fsp3) is 0.727. The zero-order chi connectivity index (χ0) is 21.5. The molecule has 0 aliphatic heterocycles. The summed E-state index contributed by atoms with van der Waals surface area (Å²) in [5.74, 6) is -2.36. The van der Waals surface area contributed by atoms with E-state index >= 15 is 4.39 Å². The van der Waals surface area contributed by atoms with Crippen LogP contribution in [0.5, 0.6) is 0 Å². The fourth-order valence-corrected chi connectivity index (χ4v) is 7.87. The summed E-state index contributed by atoms with van der Waals surface area (Å²) in [6.07, 6.45) is 1.41. The second kappa shape index (κ2) is 6.46. The molecule has 3 N–H and O–H groups in total. The lowest BCUT2D eigenvalue weighted by Crippen LogP contribution is -2.63. The Morgan fingerprint density at radius 3 is 2.62 bits per heavy atom. The highest BCUT2D eigenvalue weighted by Crippen LogP contribution is 2.68. The molecule has 160 valence electrons. The van der Waals surface area contributed by atoms with Crippen LogP contribution in [0.2, 0.25) is 0 Å². The van der Waals surface area contributed by atoms with Gasteiger partial charge in [0.05, 0.1) is 11.1 Å². The standard InChI is InChI=1S/C22H28ClFO5/c1-10-6-12-11-7-13(24)18-19(23)14(26)4-5-20(18,2)17(11)15(27)8-21(12,3)22(10,29)16(28)9-25/h4-5,10-13,15,17,25,27,29H,6-9H2,1-3H3/t10?,11-,12-,13?,15?,17+,20+,21-,22-/m0/s1. The zero-order valence-electron chi connectivity index (χ0n) is 16.9. The van der Waals surface area contributed by atoms with Crippen LogP contribution in [0.4, 0.5) is 4.39 Å². The quantitative estimate of drug-likeness (QED) is 0.630. The highest BCUT2D eigenvalue weighted by atomic mass is 35.5. The molecule has 5 nitrogen and oxygen atoms in total. The smallest absolute Gasteiger partial charge is 0.196 e. The molecule has 3 fully saturated rings. The van der Waals surface area contributed by atoms with Gasteiger partial charge in [-0.25, -0.2) is 4.39 Å². The van der Waals surface area contributed by atoms with Crippen LogP contribution in [-0.2, 0) is 9.59 Å². The summed E-state index contributed by atoms with van der Waals surface area (Å²) in [4.78, 5) is 24.6. The predicted molar refractivity (Wildman–Crippen MR) is 105 cm³/mol. The Balaban J connectivity index is 1.83. The van der Waals surface area contributed by atoms with Gasteiger partial charge in [-0.15, -0.1) is 0 Å². The second-order valence-electron chi connectivity index (χ2n) is 9.88. The summed E-state index contributed by atoms with van der Waals surface area (Å²) >= 11 is 6.22. The zero-order valence-corrected chi connectivity index (χ0v) is 17.6. The van der Waals surface area contributed by atoms with Crippen molar-refractivity contribution in [3.8, 4) is 0 Å². The molecule has 4 rings (SSSR count). The van der Waals surface area contributed by atoms with E-state index in [2.05, 4.69) is 0 Å². The van der Waals surface area contributed by atoms with Crippen LogP contribution in [-0.4, -0.2) is 51.4 Å². The topological polar surface area (TPSA) is 94.8 Å². The van der Waals surface area contributed by atoms with Crippen LogP contribution < -0.4 is 0 Å². The monoisotopic (exact) mass is 426 g/mol. The van der Waals surface area contributed by atoms with Crippen molar-refractivity contribution in [3.63, 3.8) is 0 Å². The second-order valence-corrected chi connectivity index (χ2v) is 10.3. The van der Waals surface area contributed by atoms with E-state index in [4.69, 9.17) is 11.6 Å². The number of Topliss-reactive ketones (excluding diaryl/α,β-unsaturated/α-hetero) is 1. The first-order chi connectivity index (χ1) is 13.4. The van der Waals surface area contributed by atoms with Crippen LogP contribution in [0.15, 0.2) is 22.8 Å². The van der Waals surface area contributed by atoms with Gasteiger partial charge in [0.2, 0.25) is 0 Å². The summed E-state index contributed by atoms with van der Waals surface area (Å²) < 4.78 is 15.4. The number of aliphatic hydroxyl groups is 3. The van der Waals surface area contributed by atoms with Crippen LogP contribution in [0.25, 0.3) is 0 Å². The Kier molecular flexibility index (Phi) is 4.71. The lowest BCUT2D eigenvalue weighted by Gasteiger charge is -2.60. The molecular weight excluding hydrogens is 399 g/mol. The number of ketones is 2. The molecule has 0 aromatic rings. The van der Waals surface area contributed by atoms with Gasteiger partial charge in [0.25, 0.3) is 0 Å². The molecule has 9 atom stereocenters. The number of fused-ring (bicyclic) bond motifs is 5. The summed E-state index contributed by atoms with van der Waals surface area (Å²) in [5.41, 5.74) is -3.40. The molecule has 7 heteroatoms. The van der Waals surface area contributed by atoms with Crippen LogP contribution >= 0.6 is 11.6 Å². The molecule has 0 aromatic carbocycles. The van der Waals surface area contributed by atoms with E-state index in [-0.39, 0.29) is 41.2 Å². The van der Waals surface area contributed by atoms with Crippen molar-refractivity contribution in [1.29, 1.82) is 0 Å². The number of halogens is 2. The first kappa shape index (κ1) is 21.2. The normalized spacial score (nSPS) is 51.5. The molecule has 29 heavy (non-hydrogen) atoms. The number of hydrogen-bond donors (Lipinski definition) is 3. The Hall–Kier alpha value is -1.08. The predicted octanol–water partition coefficient (Wildman–Crippen LogP) is 2.32. The van der Waals surface area contributed by atoms with E-state index in [1.54, 1.807) is 19.9 Å². The molecule has 0 amide bonds. The Labute approximate surface area is 174 Å². The van der Waals surface area contributed by atoms with E-state index in [9.17, 15) is 24.9 Å². The van der Waals surface area contributed by atoms with Crippen LogP contribution in [0.3, 0.4) is 0 Å². The first-order valence-corrected chi connectivity index (χ1v) is 10.6. The molecule has 3 unspecified atom stereocenters. The number of carbonyl (C=O) groups is 2. The van der Waals surface area contributed by atoms with Gasteiger partial charge in [-0.1, -0.05) is 38.4 Å². The third-order valence-electron chi connectivity index (χ3n) is 8.70. The molecule has 4 aliphatic carbocycles. The summed E-state index contributed by atoms with van der Waals surface area (Å²) in [5, 5.41) is 32.0. The summed E-state index contributed by atoms with van der Waals surface area (Å²) in [7, 11) is 0. The lowest BCUT2D eigenvalue weighted by molar-refractivity contribution is -0.185. The van der Waals surface area contributed by atoms with E-state index in [0.717, 1.165) is 0 Å². The Bertz CT molecular complexity index is 839. The number of allylic oxidation sites excluding steroid dienone is 4. The Morgan fingerprint density at radius 1 is 1.34 bits per heavy atom. The maximum absolute atomic E-state index is 15.4. The van der Waals surface area contributed by atoms with E-state index in [1.165, 1.54) is 6.08 Å². The highest BCUT2D eigenvalue weighted by molar-refractivity contribution is 6.45. The van der Waals surface area contributed by atoms with Crippen LogP contribution in [0.1, 0.15) is 40.0 Å². The third-order valence-corrected chi connectivity index (χ3v) is 9.09. The van der Waals surface area contributed by atoms with Gasteiger partial charge in [0.15, 0.2) is 11.6 Å². The van der Waals surface area contributed by atoms with Gasteiger partial charge in [-0.05, 0) is 48.7 Å². The van der Waals surface area contributed by atoms with Crippen molar-refractivity contribution in [1.82, 2.24) is 0 Å². The van der Waals surface area contributed by atoms with E-state index in [1.807, 2.05) is 6.92 Å². The average molecular weight is 427 g/mol. The van der Waals surface area contributed by atoms with E-state index < -0.39 is 52.8 Å². The minimum absolute atomic E-state index is 0.0837. The largest absolute Gasteiger partial charge is 0.393 e. The summed E-state index contributed by atoms with van der Waals surface area (Å²) in [6, 6.07) is 0. The number of rotatable bonds is 2. The molecule has 0 saturated heterocycles. The first-order valence-electron chi connectivity index (χ1n) is 10.3. The van der Waals surface area contributed by atoms with Gasteiger partial charge in [0, 0.05) is 16.7 Å². The fourth-order valence-electron chi connectivity index (χ4n) is 7.48. The van der Waals surface area contributed by atoms with Crippen molar-refractivity contribution in [2.75, 3.05) is 6.61 Å². The molecule has 4 aliphatic rings. The van der Waals surface area contributed by atoms with Gasteiger partial charge in [0.1, 0.15) is 18.4 Å². The van der Waals surface area contributed by atoms with Gasteiger partial charge in [-0.2, -0.15) is 0 Å². The van der Waals surface area contributed by atoms with Crippen molar-refractivity contribution in [2.45, 2.75) is 57.9 Å². The Morgan fingerprint density at radius 2 is 2.00 bits per heavy atom. The molecule has 0 bridgehead atoms. The number of aliphatic hydroxyl groups excluding tert-OH is 2. The maximum atomic E-state index is 15.4. The van der Waals surface area contributed by atoms with E-state index in [0.29, 0.717) is 6.42 Å². The number of carbonyl (C=O) groups excluding carboxylic acids is 2.